The van der Waals surface area contributed by atoms with Gasteiger partial charge in [-0.2, -0.15) is 0 Å². The van der Waals surface area contributed by atoms with Gasteiger partial charge in [0.15, 0.2) is 0 Å². The van der Waals surface area contributed by atoms with Crippen molar-refractivity contribution in [2.24, 2.45) is 11.7 Å². The van der Waals surface area contributed by atoms with Crippen LogP contribution in [0.2, 0.25) is 0 Å². The molecule has 1 aliphatic rings. The quantitative estimate of drug-likeness (QED) is 0.660. The first-order chi connectivity index (χ1) is 5.29. The van der Waals surface area contributed by atoms with Crippen LogP contribution in [0.3, 0.4) is 0 Å². The summed E-state index contributed by atoms with van der Waals surface area (Å²) in [6.07, 6.45) is 4.91. The largest absolute Gasteiger partial charge is 0.381 e. The first-order valence-electron chi connectivity index (χ1n) is 4.62. The predicted octanol–water partition coefficient (Wildman–Crippen LogP) is 1.54. The molecule has 0 spiro atoms. The molecule has 2 nitrogen and oxygen atoms in total. The Morgan fingerprint density at radius 3 is 3.00 bits per heavy atom. The minimum Gasteiger partial charge on any atom is -0.381 e. The topological polar surface area (TPSA) is 35.2 Å². The van der Waals surface area contributed by atoms with Gasteiger partial charge in [-0.05, 0) is 38.5 Å². The normalized spacial score (nSPS) is 29.5. The highest BCUT2D eigenvalue weighted by atomic mass is 16.5. The zero-order valence-electron chi connectivity index (χ0n) is 7.38. The first kappa shape index (κ1) is 9.01. The van der Waals surface area contributed by atoms with Gasteiger partial charge in [-0.25, -0.2) is 0 Å². The smallest absolute Gasteiger partial charge is 0.0468 e. The summed E-state index contributed by atoms with van der Waals surface area (Å²) in [5.41, 5.74) is 5.73. The van der Waals surface area contributed by atoms with Crippen LogP contribution in [0.1, 0.15) is 32.6 Å². The van der Waals surface area contributed by atoms with Crippen molar-refractivity contribution in [2.45, 2.75) is 38.6 Å². The Morgan fingerprint density at radius 2 is 2.27 bits per heavy atom. The van der Waals surface area contributed by atoms with Crippen LogP contribution in [0.5, 0.6) is 0 Å². The number of hydrogen-bond acceptors (Lipinski definition) is 2. The number of hydrogen-bond donors (Lipinski definition) is 1. The molecule has 0 aromatic rings. The molecular weight excluding hydrogens is 138 g/mol. The average Bonchev–Trinajstić information content (AvgIpc) is 2.14. The standard InChI is InChI=1S/C9H19NO/c1-8(10)7-9-3-2-5-11-6-4-9/h8-9H,2-7,10H2,1H3. The second kappa shape index (κ2) is 4.73. The van der Waals surface area contributed by atoms with Crippen LogP contribution in [-0.4, -0.2) is 19.3 Å². The molecule has 1 heterocycles. The van der Waals surface area contributed by atoms with Crippen molar-refractivity contribution in [3.8, 4) is 0 Å². The van der Waals surface area contributed by atoms with Gasteiger partial charge in [0.1, 0.15) is 0 Å². The lowest BCUT2D eigenvalue weighted by atomic mass is 9.94. The molecule has 0 aromatic heterocycles. The molecule has 2 unspecified atom stereocenters. The highest BCUT2D eigenvalue weighted by molar-refractivity contribution is 4.67. The summed E-state index contributed by atoms with van der Waals surface area (Å²) in [5.74, 6) is 0.817. The first-order valence-corrected chi connectivity index (χ1v) is 4.62. The van der Waals surface area contributed by atoms with E-state index in [-0.39, 0.29) is 0 Å². The fourth-order valence-corrected chi connectivity index (χ4v) is 1.73. The molecule has 1 aliphatic heterocycles. The van der Waals surface area contributed by atoms with Crippen LogP contribution in [0, 0.1) is 5.92 Å². The maximum absolute atomic E-state index is 5.73. The summed E-state index contributed by atoms with van der Waals surface area (Å²) in [7, 11) is 0. The zero-order chi connectivity index (χ0) is 8.10. The lowest BCUT2D eigenvalue weighted by Gasteiger charge is -2.14. The van der Waals surface area contributed by atoms with E-state index >= 15 is 0 Å². The van der Waals surface area contributed by atoms with Crippen molar-refractivity contribution < 1.29 is 4.74 Å². The van der Waals surface area contributed by atoms with Gasteiger partial charge in [-0.3, -0.25) is 0 Å². The molecule has 1 fully saturated rings. The number of nitrogens with two attached hydrogens (primary N) is 1. The summed E-state index contributed by atoms with van der Waals surface area (Å²) in [6, 6.07) is 0.359. The van der Waals surface area contributed by atoms with Crippen LogP contribution in [0.4, 0.5) is 0 Å². The monoisotopic (exact) mass is 157 g/mol. The number of ether oxygens (including phenoxy) is 1. The molecule has 1 saturated heterocycles. The van der Waals surface area contributed by atoms with E-state index in [0.29, 0.717) is 6.04 Å². The third-order valence-corrected chi connectivity index (χ3v) is 2.28. The minimum atomic E-state index is 0.359. The van der Waals surface area contributed by atoms with Gasteiger partial charge in [0.05, 0.1) is 0 Å². The van der Waals surface area contributed by atoms with Crippen LogP contribution < -0.4 is 5.73 Å². The molecule has 0 saturated carbocycles. The maximum Gasteiger partial charge on any atom is 0.0468 e. The molecule has 2 heteroatoms. The SMILES string of the molecule is CC(N)CC1CCCOCC1. The Bertz CT molecular complexity index is 95.7. The molecule has 2 N–H and O–H groups in total. The lowest BCUT2D eigenvalue weighted by molar-refractivity contribution is 0.141. The van der Waals surface area contributed by atoms with E-state index in [1.54, 1.807) is 0 Å². The fraction of sp³-hybridized carbons (Fsp3) is 1.00. The Kier molecular flexibility index (Phi) is 3.87. The number of rotatable bonds is 2. The molecule has 11 heavy (non-hydrogen) atoms. The summed E-state index contributed by atoms with van der Waals surface area (Å²) < 4.78 is 5.37. The molecule has 0 bridgehead atoms. The van der Waals surface area contributed by atoms with Gasteiger partial charge >= 0.3 is 0 Å². The Hall–Kier alpha value is -0.0800. The van der Waals surface area contributed by atoms with Crippen LogP contribution in [-0.2, 0) is 4.74 Å². The zero-order valence-corrected chi connectivity index (χ0v) is 7.38. The molecule has 0 aliphatic carbocycles. The van der Waals surface area contributed by atoms with Crippen molar-refractivity contribution in [3.05, 3.63) is 0 Å². The minimum absolute atomic E-state index is 0.359. The molecule has 0 aromatic carbocycles. The van der Waals surface area contributed by atoms with E-state index in [4.69, 9.17) is 10.5 Å². The second-order valence-electron chi connectivity index (χ2n) is 3.62. The summed E-state index contributed by atoms with van der Waals surface area (Å²) in [5, 5.41) is 0. The average molecular weight is 157 g/mol. The van der Waals surface area contributed by atoms with E-state index in [1.165, 1.54) is 25.7 Å². The van der Waals surface area contributed by atoms with Gasteiger partial charge in [0.25, 0.3) is 0 Å². The van der Waals surface area contributed by atoms with Gasteiger partial charge in [0.2, 0.25) is 0 Å². The summed E-state index contributed by atoms with van der Waals surface area (Å²) in [6.45, 7) is 3.98. The van der Waals surface area contributed by atoms with Gasteiger partial charge < -0.3 is 10.5 Å². The van der Waals surface area contributed by atoms with E-state index in [1.807, 2.05) is 0 Å². The van der Waals surface area contributed by atoms with Crippen molar-refractivity contribution in [3.63, 3.8) is 0 Å². The fourth-order valence-electron chi connectivity index (χ4n) is 1.73. The third-order valence-electron chi connectivity index (χ3n) is 2.28. The highest BCUT2D eigenvalue weighted by Crippen LogP contribution is 2.19. The van der Waals surface area contributed by atoms with Gasteiger partial charge in [-0.1, -0.05) is 0 Å². The van der Waals surface area contributed by atoms with Gasteiger partial charge in [-0.15, -0.1) is 0 Å². The molecule has 1 rings (SSSR count). The van der Waals surface area contributed by atoms with Crippen LogP contribution >= 0.6 is 0 Å². The highest BCUT2D eigenvalue weighted by Gasteiger charge is 2.13. The third kappa shape index (κ3) is 3.73. The lowest BCUT2D eigenvalue weighted by Crippen LogP contribution is -2.19. The van der Waals surface area contributed by atoms with E-state index in [0.717, 1.165) is 19.1 Å². The molecule has 0 radical (unpaired) electrons. The van der Waals surface area contributed by atoms with Crippen molar-refractivity contribution in [1.29, 1.82) is 0 Å². The Balaban J connectivity index is 2.20. The van der Waals surface area contributed by atoms with Crippen molar-refractivity contribution >= 4 is 0 Å². The predicted molar refractivity (Wildman–Crippen MR) is 46.4 cm³/mol. The van der Waals surface area contributed by atoms with Crippen LogP contribution in [0.15, 0.2) is 0 Å². The van der Waals surface area contributed by atoms with Crippen molar-refractivity contribution in [1.82, 2.24) is 0 Å². The molecule has 2 atom stereocenters. The van der Waals surface area contributed by atoms with E-state index in [2.05, 4.69) is 6.92 Å². The molecule has 0 amide bonds. The summed E-state index contributed by atoms with van der Waals surface area (Å²) in [4.78, 5) is 0. The molecular formula is C9H19NO. The Labute approximate surface area is 69.1 Å². The second-order valence-corrected chi connectivity index (χ2v) is 3.62. The van der Waals surface area contributed by atoms with E-state index in [9.17, 15) is 0 Å². The van der Waals surface area contributed by atoms with Crippen molar-refractivity contribution in [2.75, 3.05) is 13.2 Å². The van der Waals surface area contributed by atoms with Crippen LogP contribution in [0.25, 0.3) is 0 Å². The Morgan fingerprint density at radius 1 is 1.45 bits per heavy atom. The maximum atomic E-state index is 5.73. The van der Waals surface area contributed by atoms with Gasteiger partial charge in [0, 0.05) is 19.3 Å². The summed E-state index contributed by atoms with van der Waals surface area (Å²) >= 11 is 0. The molecule has 66 valence electrons. The van der Waals surface area contributed by atoms with E-state index < -0.39 is 0 Å².